The van der Waals surface area contributed by atoms with Crippen molar-refractivity contribution in [2.45, 2.75) is 27.2 Å². The van der Waals surface area contributed by atoms with Crippen molar-refractivity contribution in [2.24, 2.45) is 5.92 Å². The van der Waals surface area contributed by atoms with Gasteiger partial charge in [0.05, 0.1) is 6.61 Å². The van der Waals surface area contributed by atoms with Crippen LogP contribution in [0, 0.1) is 5.92 Å². The Morgan fingerprint density at radius 3 is 2.64 bits per heavy atom. The fraction of sp³-hybridized carbons (Fsp3) is 0.875. The molecule has 1 atom stereocenters. The lowest BCUT2D eigenvalue weighted by atomic mass is 10.1. The van der Waals surface area contributed by atoms with Gasteiger partial charge in [0, 0.05) is 6.54 Å². The van der Waals surface area contributed by atoms with E-state index in [-0.39, 0.29) is 6.09 Å². The molecule has 0 radical (unpaired) electrons. The standard InChI is InChI=1S/C8H17NO2/c1-4-7(3)6-9-8(10)11-5-2/h7H,4-6H2,1-3H3,(H,9,10). The van der Waals surface area contributed by atoms with Crippen LogP contribution >= 0.6 is 0 Å². The molecule has 0 saturated carbocycles. The summed E-state index contributed by atoms with van der Waals surface area (Å²) in [7, 11) is 0. The summed E-state index contributed by atoms with van der Waals surface area (Å²) in [6.45, 7) is 7.12. The summed E-state index contributed by atoms with van der Waals surface area (Å²) in [6.07, 6.45) is 0.764. The molecule has 3 heteroatoms. The van der Waals surface area contributed by atoms with Gasteiger partial charge >= 0.3 is 6.09 Å². The van der Waals surface area contributed by atoms with Crippen molar-refractivity contribution < 1.29 is 9.53 Å². The molecular weight excluding hydrogens is 142 g/mol. The van der Waals surface area contributed by atoms with Crippen LogP contribution in [0.25, 0.3) is 0 Å². The van der Waals surface area contributed by atoms with E-state index in [1.807, 2.05) is 0 Å². The van der Waals surface area contributed by atoms with Crippen LogP contribution in [0.3, 0.4) is 0 Å². The number of hydrogen-bond acceptors (Lipinski definition) is 2. The fourth-order valence-electron chi connectivity index (χ4n) is 0.584. The fourth-order valence-corrected chi connectivity index (χ4v) is 0.584. The molecule has 0 rings (SSSR count). The summed E-state index contributed by atoms with van der Waals surface area (Å²) in [5.74, 6) is 0.527. The van der Waals surface area contributed by atoms with E-state index < -0.39 is 0 Å². The monoisotopic (exact) mass is 159 g/mol. The van der Waals surface area contributed by atoms with E-state index in [2.05, 4.69) is 23.9 Å². The van der Waals surface area contributed by atoms with Gasteiger partial charge in [-0.3, -0.25) is 0 Å². The maximum Gasteiger partial charge on any atom is 0.407 e. The lowest BCUT2D eigenvalue weighted by molar-refractivity contribution is 0.150. The molecule has 0 aliphatic heterocycles. The number of ether oxygens (including phenoxy) is 1. The highest BCUT2D eigenvalue weighted by Crippen LogP contribution is 1.96. The van der Waals surface area contributed by atoms with Crippen LogP contribution in [0.5, 0.6) is 0 Å². The Labute approximate surface area is 68.1 Å². The van der Waals surface area contributed by atoms with Gasteiger partial charge in [-0.25, -0.2) is 4.79 Å². The number of hydrogen-bond donors (Lipinski definition) is 1. The van der Waals surface area contributed by atoms with Gasteiger partial charge in [-0.2, -0.15) is 0 Å². The Morgan fingerprint density at radius 1 is 1.55 bits per heavy atom. The van der Waals surface area contributed by atoms with Crippen molar-refractivity contribution in [3.8, 4) is 0 Å². The SMILES string of the molecule is CCOC(=O)NCC(C)CC. The minimum absolute atomic E-state index is 0.312. The highest BCUT2D eigenvalue weighted by molar-refractivity contribution is 5.66. The first-order valence-corrected chi connectivity index (χ1v) is 4.11. The molecule has 1 N–H and O–H groups in total. The highest BCUT2D eigenvalue weighted by Gasteiger charge is 2.02. The predicted molar refractivity (Wildman–Crippen MR) is 44.5 cm³/mol. The maximum atomic E-state index is 10.7. The number of alkyl carbamates (subject to hydrolysis) is 1. The third-order valence-corrected chi connectivity index (χ3v) is 1.57. The normalized spacial score (nSPS) is 12.3. The van der Waals surface area contributed by atoms with Crippen LogP contribution in [0.2, 0.25) is 0 Å². The van der Waals surface area contributed by atoms with Crippen LogP contribution in [-0.4, -0.2) is 19.2 Å². The average molecular weight is 159 g/mol. The van der Waals surface area contributed by atoms with Crippen LogP contribution in [0.1, 0.15) is 27.2 Å². The number of nitrogens with one attached hydrogen (secondary N) is 1. The van der Waals surface area contributed by atoms with Gasteiger partial charge in [-0.1, -0.05) is 20.3 Å². The minimum atomic E-state index is -0.312. The highest BCUT2D eigenvalue weighted by atomic mass is 16.5. The Hall–Kier alpha value is -0.730. The molecule has 0 aromatic rings. The second-order valence-corrected chi connectivity index (χ2v) is 2.61. The van der Waals surface area contributed by atoms with Gasteiger partial charge in [-0.15, -0.1) is 0 Å². The van der Waals surface area contributed by atoms with E-state index in [9.17, 15) is 4.79 Å². The van der Waals surface area contributed by atoms with Gasteiger partial charge in [0.2, 0.25) is 0 Å². The Kier molecular flexibility index (Phi) is 5.61. The quantitative estimate of drug-likeness (QED) is 0.679. The number of carbonyl (C=O) groups is 1. The zero-order valence-corrected chi connectivity index (χ0v) is 7.52. The Morgan fingerprint density at radius 2 is 2.18 bits per heavy atom. The molecule has 0 saturated heterocycles. The summed E-state index contributed by atoms with van der Waals surface area (Å²) in [5.41, 5.74) is 0. The molecule has 1 unspecified atom stereocenters. The van der Waals surface area contributed by atoms with Gasteiger partial charge in [-0.05, 0) is 12.8 Å². The largest absolute Gasteiger partial charge is 0.450 e. The predicted octanol–water partition coefficient (Wildman–Crippen LogP) is 1.78. The first-order chi connectivity index (χ1) is 5.20. The lowest BCUT2D eigenvalue weighted by Gasteiger charge is -2.09. The van der Waals surface area contributed by atoms with E-state index in [0.29, 0.717) is 19.1 Å². The van der Waals surface area contributed by atoms with Crippen molar-refractivity contribution in [1.82, 2.24) is 5.32 Å². The maximum absolute atomic E-state index is 10.7. The average Bonchev–Trinajstić information content (AvgIpc) is 2.01. The Bertz CT molecular complexity index is 115. The van der Waals surface area contributed by atoms with Crippen molar-refractivity contribution in [2.75, 3.05) is 13.2 Å². The van der Waals surface area contributed by atoms with E-state index in [4.69, 9.17) is 0 Å². The zero-order valence-electron chi connectivity index (χ0n) is 7.52. The Balaban J connectivity index is 3.30. The van der Waals surface area contributed by atoms with Gasteiger partial charge in [0.25, 0.3) is 0 Å². The van der Waals surface area contributed by atoms with Crippen LogP contribution < -0.4 is 5.32 Å². The molecule has 0 aromatic heterocycles. The van der Waals surface area contributed by atoms with Crippen molar-refractivity contribution in [1.29, 1.82) is 0 Å². The lowest BCUT2D eigenvalue weighted by Crippen LogP contribution is -2.28. The molecule has 66 valence electrons. The summed E-state index contributed by atoms with van der Waals surface area (Å²) in [5, 5.41) is 2.67. The zero-order chi connectivity index (χ0) is 8.69. The van der Waals surface area contributed by atoms with E-state index in [0.717, 1.165) is 6.42 Å². The third kappa shape index (κ3) is 5.70. The van der Waals surface area contributed by atoms with E-state index >= 15 is 0 Å². The number of rotatable bonds is 4. The van der Waals surface area contributed by atoms with Crippen molar-refractivity contribution >= 4 is 6.09 Å². The molecule has 0 heterocycles. The minimum Gasteiger partial charge on any atom is -0.450 e. The van der Waals surface area contributed by atoms with Crippen LogP contribution in [0.4, 0.5) is 4.79 Å². The molecule has 3 nitrogen and oxygen atoms in total. The second-order valence-electron chi connectivity index (χ2n) is 2.61. The topological polar surface area (TPSA) is 38.3 Å². The molecule has 0 aliphatic carbocycles. The van der Waals surface area contributed by atoms with Gasteiger partial charge in [0.15, 0.2) is 0 Å². The second kappa shape index (κ2) is 6.01. The summed E-state index contributed by atoms with van der Waals surface area (Å²) in [6, 6.07) is 0. The van der Waals surface area contributed by atoms with Gasteiger partial charge < -0.3 is 10.1 Å². The molecular formula is C8H17NO2. The van der Waals surface area contributed by atoms with Crippen molar-refractivity contribution in [3.63, 3.8) is 0 Å². The van der Waals surface area contributed by atoms with Crippen LogP contribution in [0.15, 0.2) is 0 Å². The van der Waals surface area contributed by atoms with E-state index in [1.54, 1.807) is 6.92 Å². The summed E-state index contributed by atoms with van der Waals surface area (Å²) >= 11 is 0. The van der Waals surface area contributed by atoms with Crippen molar-refractivity contribution in [3.05, 3.63) is 0 Å². The van der Waals surface area contributed by atoms with Gasteiger partial charge in [0.1, 0.15) is 0 Å². The smallest absolute Gasteiger partial charge is 0.407 e. The number of amides is 1. The molecule has 11 heavy (non-hydrogen) atoms. The molecule has 0 bridgehead atoms. The van der Waals surface area contributed by atoms with E-state index in [1.165, 1.54) is 0 Å². The summed E-state index contributed by atoms with van der Waals surface area (Å²) in [4.78, 5) is 10.7. The molecule has 1 amide bonds. The molecule has 0 aliphatic rings. The molecule has 0 fully saturated rings. The summed E-state index contributed by atoms with van der Waals surface area (Å²) < 4.78 is 4.69. The van der Waals surface area contributed by atoms with Crippen LogP contribution in [-0.2, 0) is 4.74 Å². The third-order valence-electron chi connectivity index (χ3n) is 1.57. The molecule has 0 spiro atoms. The number of carbonyl (C=O) groups excluding carboxylic acids is 1. The molecule has 0 aromatic carbocycles. The first kappa shape index (κ1) is 10.3. The first-order valence-electron chi connectivity index (χ1n) is 4.11.